The van der Waals surface area contributed by atoms with E-state index in [-0.39, 0.29) is 55.5 Å². The van der Waals surface area contributed by atoms with Crippen LogP contribution in [0.25, 0.3) is 0 Å². The van der Waals surface area contributed by atoms with Gasteiger partial charge >= 0.3 is 6.18 Å². The molecule has 0 aliphatic carbocycles. The summed E-state index contributed by atoms with van der Waals surface area (Å²) in [6, 6.07) is 9.77. The van der Waals surface area contributed by atoms with Gasteiger partial charge in [-0.05, 0) is 24.3 Å². The maximum Gasteiger partial charge on any atom is 0.416 e. The van der Waals surface area contributed by atoms with Crippen LogP contribution in [0.2, 0.25) is 20.4 Å². The molecule has 0 saturated carbocycles. The van der Waals surface area contributed by atoms with Gasteiger partial charge in [-0.25, -0.2) is 13.4 Å². The topological polar surface area (TPSA) is 80.3 Å². The van der Waals surface area contributed by atoms with Crippen molar-refractivity contribution in [3.63, 3.8) is 0 Å². The lowest BCUT2D eigenvalue weighted by atomic mass is 10.2. The van der Waals surface area contributed by atoms with Crippen molar-refractivity contribution in [2.45, 2.75) is 11.1 Å². The van der Waals surface area contributed by atoms with Crippen molar-refractivity contribution < 1.29 is 26.3 Å². The van der Waals surface area contributed by atoms with Gasteiger partial charge in [-0.15, -0.1) is 0 Å². The van der Waals surface area contributed by atoms with Crippen molar-refractivity contribution in [2.24, 2.45) is 0 Å². The second-order valence-corrected chi connectivity index (χ2v) is 9.79. The first kappa shape index (κ1) is 26.5. The summed E-state index contributed by atoms with van der Waals surface area (Å²) in [5, 5.41) is 2.65. The van der Waals surface area contributed by atoms with E-state index in [1.807, 2.05) is 0 Å². The van der Waals surface area contributed by atoms with Crippen LogP contribution in [-0.4, -0.2) is 26.6 Å². The lowest BCUT2D eigenvalue weighted by Gasteiger charge is -2.16. The second kappa shape index (κ2) is 10.7. The highest BCUT2D eigenvalue weighted by atomic mass is 35.5. The summed E-state index contributed by atoms with van der Waals surface area (Å²) in [6.45, 7) is -0.103. The van der Waals surface area contributed by atoms with Gasteiger partial charge in [0.1, 0.15) is 22.4 Å². The van der Waals surface area contributed by atoms with Crippen molar-refractivity contribution >= 4 is 67.8 Å². The van der Waals surface area contributed by atoms with E-state index in [9.17, 15) is 21.6 Å². The fourth-order valence-electron chi connectivity index (χ4n) is 2.71. The molecule has 3 rings (SSSR count). The van der Waals surface area contributed by atoms with Gasteiger partial charge in [0, 0.05) is 12.6 Å². The number of ether oxygens (including phenoxy) is 1. The molecule has 0 aliphatic heterocycles. The van der Waals surface area contributed by atoms with Crippen molar-refractivity contribution in [3.8, 4) is 5.75 Å². The Labute approximate surface area is 213 Å². The number of alkyl halides is 3. The van der Waals surface area contributed by atoms with Crippen LogP contribution in [0, 0.1) is 0 Å². The standard InChI is InChI=1S/C20H14Cl4F3N3O3S/c21-15-17(16(22)19(24)29-18(15)23)28-6-7-33-13-9-11(20(25,26)27)8-12(10-13)30-34(31,32)14-4-2-1-3-5-14/h1-5,8-10,30H,6-7H2,(H,28,29). The molecule has 0 unspecified atom stereocenters. The summed E-state index contributed by atoms with van der Waals surface area (Å²) in [5.41, 5.74) is -1.24. The highest BCUT2D eigenvalue weighted by molar-refractivity contribution is 7.92. The molecule has 2 N–H and O–H groups in total. The second-order valence-electron chi connectivity index (χ2n) is 6.63. The average molecular weight is 575 g/mol. The van der Waals surface area contributed by atoms with Crippen molar-refractivity contribution in [2.75, 3.05) is 23.2 Å². The van der Waals surface area contributed by atoms with Crippen molar-refractivity contribution in [1.29, 1.82) is 0 Å². The summed E-state index contributed by atoms with van der Waals surface area (Å²) in [5.74, 6) is -0.217. The van der Waals surface area contributed by atoms with Gasteiger partial charge in [-0.1, -0.05) is 64.6 Å². The number of aromatic nitrogens is 1. The fourth-order valence-corrected chi connectivity index (χ4v) is 4.62. The molecular weight excluding hydrogens is 561 g/mol. The van der Waals surface area contributed by atoms with Crippen LogP contribution in [0.1, 0.15) is 5.56 Å². The van der Waals surface area contributed by atoms with Crippen LogP contribution < -0.4 is 14.8 Å². The summed E-state index contributed by atoms with van der Waals surface area (Å²) < 4.78 is 72.7. The molecule has 2 aromatic carbocycles. The van der Waals surface area contributed by atoms with Crippen LogP contribution in [0.15, 0.2) is 53.4 Å². The van der Waals surface area contributed by atoms with Gasteiger partial charge in [-0.2, -0.15) is 13.2 Å². The number of nitrogens with zero attached hydrogens (tertiary/aromatic N) is 1. The van der Waals surface area contributed by atoms with Crippen LogP contribution in [-0.2, 0) is 16.2 Å². The number of sulfonamides is 1. The van der Waals surface area contributed by atoms with Gasteiger partial charge < -0.3 is 10.1 Å². The van der Waals surface area contributed by atoms with Crippen molar-refractivity contribution in [1.82, 2.24) is 4.98 Å². The number of hydrogen-bond donors (Lipinski definition) is 2. The Morgan fingerprint density at radius 2 is 1.56 bits per heavy atom. The van der Waals surface area contributed by atoms with Gasteiger partial charge in [0.15, 0.2) is 10.3 Å². The van der Waals surface area contributed by atoms with E-state index in [4.69, 9.17) is 51.1 Å². The van der Waals surface area contributed by atoms with E-state index in [1.54, 1.807) is 6.07 Å². The maximum atomic E-state index is 13.4. The highest BCUT2D eigenvalue weighted by Crippen LogP contribution is 2.39. The molecular formula is C20H14Cl4F3N3O3S. The summed E-state index contributed by atoms with van der Waals surface area (Å²) >= 11 is 23.8. The molecule has 0 aliphatic rings. The number of anilines is 2. The molecule has 0 radical (unpaired) electrons. The molecule has 182 valence electrons. The Hall–Kier alpha value is -2.11. The molecule has 0 spiro atoms. The molecule has 1 heterocycles. The van der Waals surface area contributed by atoms with Crippen LogP contribution in [0.5, 0.6) is 5.75 Å². The van der Waals surface area contributed by atoms with E-state index < -0.39 is 21.8 Å². The number of hydrogen-bond acceptors (Lipinski definition) is 5. The minimum atomic E-state index is -4.74. The number of benzene rings is 2. The first-order chi connectivity index (χ1) is 15.9. The SMILES string of the molecule is O=S(=O)(Nc1cc(OCCNc2c(Cl)c(Cl)nc(Cl)c2Cl)cc(C(F)(F)F)c1)c1ccccc1. The lowest BCUT2D eigenvalue weighted by molar-refractivity contribution is -0.137. The first-order valence-corrected chi connectivity index (χ1v) is 12.2. The summed E-state index contributed by atoms with van der Waals surface area (Å²) in [6.07, 6.45) is -4.74. The number of halogens is 7. The van der Waals surface area contributed by atoms with E-state index in [2.05, 4.69) is 15.0 Å². The van der Waals surface area contributed by atoms with Crippen molar-refractivity contribution in [3.05, 3.63) is 74.4 Å². The van der Waals surface area contributed by atoms with Crippen LogP contribution in [0.4, 0.5) is 24.5 Å². The third-order valence-corrected chi connectivity index (χ3v) is 7.08. The Bertz CT molecular complexity index is 1270. The Morgan fingerprint density at radius 3 is 2.15 bits per heavy atom. The fraction of sp³-hybridized carbons (Fsp3) is 0.150. The minimum absolute atomic E-state index is 0.00717. The molecule has 34 heavy (non-hydrogen) atoms. The van der Waals surface area contributed by atoms with E-state index in [1.165, 1.54) is 24.3 Å². The molecule has 1 aromatic heterocycles. The zero-order valence-corrected chi connectivity index (χ0v) is 20.6. The zero-order valence-electron chi connectivity index (χ0n) is 16.8. The van der Waals surface area contributed by atoms with E-state index in [0.717, 1.165) is 12.1 Å². The average Bonchev–Trinajstić information content (AvgIpc) is 2.77. The lowest BCUT2D eigenvalue weighted by Crippen LogP contribution is -2.15. The first-order valence-electron chi connectivity index (χ1n) is 9.25. The zero-order chi connectivity index (χ0) is 25.1. The summed E-state index contributed by atoms with van der Waals surface area (Å²) in [7, 11) is -4.12. The van der Waals surface area contributed by atoms with Gasteiger partial charge in [0.25, 0.3) is 10.0 Å². The third-order valence-electron chi connectivity index (χ3n) is 4.21. The molecule has 0 saturated heterocycles. The molecule has 0 fully saturated rings. The van der Waals surface area contributed by atoms with Gasteiger partial charge in [0.05, 0.1) is 21.8 Å². The van der Waals surface area contributed by atoms with Crippen LogP contribution in [0.3, 0.4) is 0 Å². The van der Waals surface area contributed by atoms with E-state index in [0.29, 0.717) is 6.07 Å². The molecule has 0 atom stereocenters. The molecule has 0 amide bonds. The largest absolute Gasteiger partial charge is 0.492 e. The number of pyridine rings is 1. The molecule has 3 aromatic rings. The Balaban J connectivity index is 1.77. The smallest absolute Gasteiger partial charge is 0.416 e. The third kappa shape index (κ3) is 6.51. The molecule has 6 nitrogen and oxygen atoms in total. The number of nitrogens with one attached hydrogen (secondary N) is 2. The Kier molecular flexibility index (Phi) is 8.30. The summed E-state index contributed by atoms with van der Waals surface area (Å²) in [4.78, 5) is 3.63. The predicted octanol–water partition coefficient (Wildman–Crippen LogP) is 7.01. The maximum absolute atomic E-state index is 13.4. The predicted molar refractivity (Wildman–Crippen MR) is 127 cm³/mol. The Morgan fingerprint density at radius 1 is 0.941 bits per heavy atom. The monoisotopic (exact) mass is 573 g/mol. The molecule has 14 heteroatoms. The highest BCUT2D eigenvalue weighted by Gasteiger charge is 2.32. The van der Waals surface area contributed by atoms with Gasteiger partial charge in [-0.3, -0.25) is 4.72 Å². The quantitative estimate of drug-likeness (QED) is 0.223. The van der Waals surface area contributed by atoms with E-state index >= 15 is 0 Å². The molecule has 0 bridgehead atoms. The minimum Gasteiger partial charge on any atom is -0.492 e. The normalized spacial score (nSPS) is 11.9. The van der Waals surface area contributed by atoms with Gasteiger partial charge in [0.2, 0.25) is 0 Å². The van der Waals surface area contributed by atoms with Crippen LogP contribution >= 0.6 is 46.4 Å². The number of rotatable bonds is 8.